The van der Waals surface area contributed by atoms with Crippen molar-refractivity contribution in [1.29, 1.82) is 5.26 Å². The highest BCUT2D eigenvalue weighted by Gasteiger charge is 2.34. The maximum Gasteiger partial charge on any atom is 0.258 e. The van der Waals surface area contributed by atoms with Crippen LogP contribution in [0.25, 0.3) is 21.2 Å². The first kappa shape index (κ1) is 20.1. The van der Waals surface area contributed by atoms with Gasteiger partial charge in [-0.3, -0.25) is 4.79 Å². The molecule has 3 heterocycles. The smallest absolute Gasteiger partial charge is 0.258 e. The number of carbonyl (C=O) groups is 1. The van der Waals surface area contributed by atoms with E-state index in [1.54, 1.807) is 17.0 Å². The van der Waals surface area contributed by atoms with E-state index in [4.69, 9.17) is 22.1 Å². The molecule has 0 saturated carbocycles. The van der Waals surface area contributed by atoms with Gasteiger partial charge in [-0.1, -0.05) is 23.7 Å². The van der Waals surface area contributed by atoms with Crippen LogP contribution >= 0.6 is 22.9 Å². The van der Waals surface area contributed by atoms with Gasteiger partial charge in [0.15, 0.2) is 5.75 Å². The van der Waals surface area contributed by atoms with Crippen LogP contribution in [0, 0.1) is 17.1 Å². The van der Waals surface area contributed by atoms with Crippen LogP contribution in [-0.4, -0.2) is 43.1 Å². The summed E-state index contributed by atoms with van der Waals surface area (Å²) < 4.78 is 22.2. The lowest BCUT2D eigenvalue weighted by molar-refractivity contribution is 0.0575. The lowest BCUT2D eigenvalue weighted by Gasteiger charge is -2.38. The second kappa shape index (κ2) is 7.68. The molecular formula is C22H18ClFN4O2S. The van der Waals surface area contributed by atoms with Crippen molar-refractivity contribution in [3.8, 4) is 22.9 Å². The highest BCUT2D eigenvalue weighted by Crippen LogP contribution is 2.46. The SMILES string of the molecule is N#Cc1c(N)sc2cccc(-c3c(F)cc4c(c3Cl)OCC[C@H]3CNCCN3C4=O)c12. The topological polar surface area (TPSA) is 91.4 Å². The second-order valence-electron chi connectivity index (χ2n) is 7.55. The number of benzene rings is 2. The molecule has 0 radical (unpaired) electrons. The second-order valence-corrected chi connectivity index (χ2v) is 9.01. The first-order valence-electron chi connectivity index (χ1n) is 9.89. The molecule has 0 unspecified atom stereocenters. The number of halogens is 2. The summed E-state index contributed by atoms with van der Waals surface area (Å²) in [4.78, 5) is 15.0. The molecule has 0 spiro atoms. The molecule has 6 nitrogen and oxygen atoms in total. The molecule has 5 rings (SSSR count). The van der Waals surface area contributed by atoms with Crippen LogP contribution in [0.4, 0.5) is 9.39 Å². The summed E-state index contributed by atoms with van der Waals surface area (Å²) in [6.07, 6.45) is 0.649. The third-order valence-corrected chi connectivity index (χ3v) is 7.18. The minimum Gasteiger partial charge on any atom is -0.491 e. The van der Waals surface area contributed by atoms with E-state index in [0.717, 1.165) is 4.70 Å². The van der Waals surface area contributed by atoms with Gasteiger partial charge in [-0.25, -0.2) is 4.39 Å². The van der Waals surface area contributed by atoms with Gasteiger partial charge in [-0.15, -0.1) is 11.3 Å². The van der Waals surface area contributed by atoms with Crippen LogP contribution in [-0.2, 0) is 0 Å². The molecule has 1 atom stereocenters. The van der Waals surface area contributed by atoms with Crippen molar-refractivity contribution in [3.63, 3.8) is 0 Å². The minimum absolute atomic E-state index is 0.00312. The van der Waals surface area contributed by atoms with Crippen molar-refractivity contribution in [1.82, 2.24) is 10.2 Å². The van der Waals surface area contributed by atoms with Crippen molar-refractivity contribution in [2.45, 2.75) is 12.5 Å². The molecule has 0 aliphatic carbocycles. The molecule has 158 valence electrons. The predicted molar refractivity (Wildman–Crippen MR) is 119 cm³/mol. The van der Waals surface area contributed by atoms with Gasteiger partial charge in [0.05, 0.1) is 22.8 Å². The van der Waals surface area contributed by atoms with Crippen LogP contribution in [0.1, 0.15) is 22.3 Å². The first-order valence-corrected chi connectivity index (χ1v) is 11.1. The zero-order valence-electron chi connectivity index (χ0n) is 16.4. The highest BCUT2D eigenvalue weighted by molar-refractivity contribution is 7.23. The number of ether oxygens (including phenoxy) is 1. The fourth-order valence-corrected chi connectivity index (χ4v) is 5.67. The summed E-state index contributed by atoms with van der Waals surface area (Å²) in [6, 6.07) is 8.59. The fraction of sp³-hybridized carbons (Fsp3) is 0.273. The summed E-state index contributed by atoms with van der Waals surface area (Å²) >= 11 is 7.94. The first-order chi connectivity index (χ1) is 15.0. The van der Waals surface area contributed by atoms with Crippen LogP contribution in [0.3, 0.4) is 0 Å². The number of piperazine rings is 1. The number of nitrogens with one attached hydrogen (secondary N) is 1. The summed E-state index contributed by atoms with van der Waals surface area (Å²) in [5.74, 6) is -0.753. The van der Waals surface area contributed by atoms with E-state index in [0.29, 0.717) is 54.2 Å². The Morgan fingerprint density at radius 1 is 1.39 bits per heavy atom. The number of nitrogens with zero attached hydrogens (tertiary/aromatic N) is 2. The normalized spacial score (nSPS) is 18.5. The van der Waals surface area contributed by atoms with Gasteiger partial charge in [0.25, 0.3) is 5.91 Å². The van der Waals surface area contributed by atoms with Gasteiger partial charge in [-0.2, -0.15) is 5.26 Å². The van der Waals surface area contributed by atoms with Crippen LogP contribution in [0.2, 0.25) is 5.02 Å². The summed E-state index contributed by atoms with van der Waals surface area (Å²) in [7, 11) is 0. The Balaban J connectivity index is 1.72. The zero-order chi connectivity index (χ0) is 21.7. The average Bonchev–Trinajstić information content (AvgIpc) is 3.09. The van der Waals surface area contributed by atoms with Gasteiger partial charge in [0.1, 0.15) is 16.9 Å². The van der Waals surface area contributed by atoms with Gasteiger partial charge in [-0.05, 0) is 17.7 Å². The lowest BCUT2D eigenvalue weighted by atomic mass is 9.96. The third kappa shape index (κ3) is 3.12. The Kier molecular flexibility index (Phi) is 4.97. The Morgan fingerprint density at radius 2 is 2.23 bits per heavy atom. The number of hydrogen-bond acceptors (Lipinski definition) is 6. The number of amides is 1. The summed E-state index contributed by atoms with van der Waals surface area (Å²) in [5.41, 5.74) is 6.97. The maximum absolute atomic E-state index is 15.5. The Bertz CT molecular complexity index is 1270. The van der Waals surface area contributed by atoms with E-state index in [-0.39, 0.29) is 33.8 Å². The van der Waals surface area contributed by atoms with Crippen molar-refractivity contribution in [2.75, 3.05) is 32.0 Å². The molecule has 1 saturated heterocycles. The minimum atomic E-state index is -0.644. The van der Waals surface area contributed by atoms with Crippen molar-refractivity contribution < 1.29 is 13.9 Å². The largest absolute Gasteiger partial charge is 0.491 e. The van der Waals surface area contributed by atoms with Crippen LogP contribution in [0.15, 0.2) is 24.3 Å². The van der Waals surface area contributed by atoms with E-state index in [9.17, 15) is 10.1 Å². The molecule has 2 aromatic carbocycles. The van der Waals surface area contributed by atoms with E-state index >= 15 is 4.39 Å². The number of nitriles is 1. The number of nitrogens with two attached hydrogens (primary N) is 1. The van der Waals surface area contributed by atoms with Crippen molar-refractivity contribution >= 4 is 43.9 Å². The van der Waals surface area contributed by atoms with Crippen LogP contribution < -0.4 is 15.8 Å². The molecule has 0 bridgehead atoms. The van der Waals surface area contributed by atoms with Crippen LogP contribution in [0.5, 0.6) is 5.75 Å². The fourth-order valence-electron chi connectivity index (χ4n) is 4.37. The monoisotopic (exact) mass is 456 g/mol. The quantitative estimate of drug-likeness (QED) is 0.577. The van der Waals surface area contributed by atoms with Crippen molar-refractivity contribution in [2.24, 2.45) is 0 Å². The molecule has 9 heteroatoms. The third-order valence-electron chi connectivity index (χ3n) is 5.84. The van der Waals surface area contributed by atoms with E-state index in [1.165, 1.54) is 17.4 Å². The zero-order valence-corrected chi connectivity index (χ0v) is 17.9. The average molecular weight is 457 g/mol. The molecule has 1 amide bonds. The van der Waals surface area contributed by atoms with E-state index < -0.39 is 5.82 Å². The summed E-state index contributed by atoms with van der Waals surface area (Å²) in [5, 5.41) is 13.8. The molecule has 31 heavy (non-hydrogen) atoms. The highest BCUT2D eigenvalue weighted by atomic mass is 35.5. The molecule has 1 fully saturated rings. The van der Waals surface area contributed by atoms with Gasteiger partial charge in [0.2, 0.25) is 0 Å². The molecule has 1 aromatic heterocycles. The molecule has 2 aliphatic rings. The number of rotatable bonds is 1. The van der Waals surface area contributed by atoms with Gasteiger partial charge >= 0.3 is 0 Å². The number of hydrogen-bond donors (Lipinski definition) is 2. The molecular weight excluding hydrogens is 439 g/mol. The number of carbonyl (C=O) groups excluding carboxylic acids is 1. The predicted octanol–water partition coefficient (Wildman–Crippen LogP) is 4.01. The number of fused-ring (bicyclic) bond motifs is 3. The van der Waals surface area contributed by atoms with Gasteiger partial charge in [0, 0.05) is 47.7 Å². The molecule has 3 N–H and O–H groups in total. The van der Waals surface area contributed by atoms with E-state index in [2.05, 4.69) is 11.4 Å². The Labute approximate surface area is 187 Å². The number of nitrogen functional groups attached to an aromatic ring is 1. The standard InChI is InChI=1S/C22H18ClFN4O2S/c23-19-18(12-2-1-3-16-17(12)14(9-25)21(26)31-16)15(24)8-13-20(19)30-7-4-11-10-27-5-6-28(11)22(13)29/h1-3,8,11,27H,4-7,10,26H2/t11-/m0/s1. The van der Waals surface area contributed by atoms with Gasteiger partial charge < -0.3 is 20.7 Å². The van der Waals surface area contributed by atoms with Crippen molar-refractivity contribution in [3.05, 3.63) is 46.2 Å². The number of anilines is 1. The maximum atomic E-state index is 15.5. The Hall–Kier alpha value is -2.86. The molecule has 3 aromatic rings. The summed E-state index contributed by atoms with van der Waals surface area (Å²) in [6.45, 7) is 2.26. The Morgan fingerprint density at radius 3 is 3.03 bits per heavy atom. The van der Waals surface area contributed by atoms with E-state index in [1.807, 2.05) is 6.07 Å². The lowest BCUT2D eigenvalue weighted by Crippen LogP contribution is -2.54. The number of thiophene rings is 1. The molecule has 2 aliphatic heterocycles.